The van der Waals surface area contributed by atoms with Crippen LogP contribution in [0, 0.1) is 0 Å². The summed E-state index contributed by atoms with van der Waals surface area (Å²) in [5, 5.41) is 8.69. The van der Waals surface area contributed by atoms with Gasteiger partial charge in [0.25, 0.3) is 0 Å². The van der Waals surface area contributed by atoms with E-state index in [1.165, 1.54) is 12.1 Å². The predicted octanol–water partition coefficient (Wildman–Crippen LogP) is 2.18. The molecule has 2 aromatic rings. The lowest BCUT2D eigenvalue weighted by Crippen LogP contribution is -2.23. The number of rotatable bonds is 7. The molecule has 116 valence electrons. The van der Waals surface area contributed by atoms with Gasteiger partial charge in [0.05, 0.1) is 4.90 Å². The van der Waals surface area contributed by atoms with E-state index >= 15 is 0 Å². The highest BCUT2D eigenvalue weighted by atomic mass is 32.2. The summed E-state index contributed by atoms with van der Waals surface area (Å²) in [7, 11) is -3.54. The third-order valence-electron chi connectivity index (χ3n) is 3.14. The van der Waals surface area contributed by atoms with Gasteiger partial charge in [-0.3, -0.25) is 4.79 Å². The van der Waals surface area contributed by atoms with Crippen LogP contribution in [-0.2, 0) is 27.8 Å². The molecule has 0 aliphatic carbocycles. The molecule has 22 heavy (non-hydrogen) atoms. The minimum Gasteiger partial charge on any atom is -0.481 e. The Bertz CT molecular complexity index is 742. The number of aryl methyl sites for hydroxylation is 1. The molecular weight excluding hydrogens is 302 g/mol. The van der Waals surface area contributed by atoms with E-state index in [-0.39, 0.29) is 17.9 Å². The van der Waals surface area contributed by atoms with Gasteiger partial charge in [-0.1, -0.05) is 42.5 Å². The summed E-state index contributed by atoms with van der Waals surface area (Å²) in [6, 6.07) is 15.4. The number of carboxylic acid groups (broad SMARTS) is 1. The fraction of sp³-hybridized carbons (Fsp3) is 0.188. The van der Waals surface area contributed by atoms with Gasteiger partial charge in [-0.2, -0.15) is 0 Å². The first-order valence-corrected chi connectivity index (χ1v) is 8.30. The molecule has 0 atom stereocenters. The molecule has 0 saturated heterocycles. The lowest BCUT2D eigenvalue weighted by Gasteiger charge is -2.08. The van der Waals surface area contributed by atoms with E-state index in [0.29, 0.717) is 6.42 Å². The Kier molecular flexibility index (Phi) is 5.30. The van der Waals surface area contributed by atoms with Crippen molar-refractivity contribution in [1.29, 1.82) is 0 Å². The zero-order valence-corrected chi connectivity index (χ0v) is 12.7. The third kappa shape index (κ3) is 4.68. The minimum absolute atomic E-state index is 0.0548. The summed E-state index contributed by atoms with van der Waals surface area (Å²) in [6.45, 7) is 0.165. The third-order valence-corrected chi connectivity index (χ3v) is 4.56. The van der Waals surface area contributed by atoms with Crippen LogP contribution in [0.3, 0.4) is 0 Å². The van der Waals surface area contributed by atoms with Crippen LogP contribution in [0.1, 0.15) is 17.5 Å². The molecule has 2 aromatic carbocycles. The normalized spacial score (nSPS) is 11.3. The average molecular weight is 319 g/mol. The number of sulfonamides is 1. The summed E-state index contributed by atoms with van der Waals surface area (Å²) >= 11 is 0. The average Bonchev–Trinajstić information content (AvgIpc) is 2.52. The monoisotopic (exact) mass is 319 g/mol. The van der Waals surface area contributed by atoms with Crippen LogP contribution in [0.4, 0.5) is 0 Å². The maximum atomic E-state index is 12.1. The number of aliphatic carboxylic acids is 1. The van der Waals surface area contributed by atoms with Gasteiger partial charge < -0.3 is 5.11 Å². The number of hydrogen-bond donors (Lipinski definition) is 2. The van der Waals surface area contributed by atoms with Crippen LogP contribution < -0.4 is 4.72 Å². The van der Waals surface area contributed by atoms with Crippen molar-refractivity contribution in [3.05, 3.63) is 65.7 Å². The van der Waals surface area contributed by atoms with Crippen molar-refractivity contribution >= 4 is 16.0 Å². The van der Waals surface area contributed by atoms with Crippen LogP contribution in [-0.4, -0.2) is 19.5 Å². The van der Waals surface area contributed by atoms with E-state index in [1.807, 2.05) is 12.1 Å². The Morgan fingerprint density at radius 1 is 1.00 bits per heavy atom. The number of benzene rings is 2. The quantitative estimate of drug-likeness (QED) is 0.819. The van der Waals surface area contributed by atoms with Gasteiger partial charge in [0.2, 0.25) is 10.0 Å². The van der Waals surface area contributed by atoms with Crippen LogP contribution >= 0.6 is 0 Å². The van der Waals surface area contributed by atoms with Gasteiger partial charge >= 0.3 is 5.97 Å². The van der Waals surface area contributed by atoms with E-state index in [1.54, 1.807) is 30.3 Å². The zero-order chi connectivity index (χ0) is 16.0. The lowest BCUT2D eigenvalue weighted by molar-refractivity contribution is -0.136. The van der Waals surface area contributed by atoms with Gasteiger partial charge in [0, 0.05) is 13.0 Å². The van der Waals surface area contributed by atoms with Crippen LogP contribution in [0.2, 0.25) is 0 Å². The first kappa shape index (κ1) is 16.2. The Balaban J connectivity index is 2.02. The van der Waals surface area contributed by atoms with Crippen molar-refractivity contribution in [2.75, 3.05) is 0 Å². The second kappa shape index (κ2) is 7.20. The Hall–Kier alpha value is -2.18. The molecule has 2 N–H and O–H groups in total. The second-order valence-electron chi connectivity index (χ2n) is 4.85. The molecular formula is C16H17NO4S. The first-order valence-electron chi connectivity index (χ1n) is 6.82. The maximum absolute atomic E-state index is 12.1. The smallest absolute Gasteiger partial charge is 0.303 e. The molecule has 0 amide bonds. The van der Waals surface area contributed by atoms with Crippen molar-refractivity contribution in [2.24, 2.45) is 0 Å². The molecule has 0 heterocycles. The summed E-state index contributed by atoms with van der Waals surface area (Å²) in [6.07, 6.45) is 0.480. The molecule has 0 aromatic heterocycles. The molecule has 0 radical (unpaired) electrons. The van der Waals surface area contributed by atoms with E-state index in [4.69, 9.17) is 5.11 Å². The summed E-state index contributed by atoms with van der Waals surface area (Å²) in [4.78, 5) is 10.8. The number of carboxylic acids is 1. The molecule has 2 rings (SSSR count). The molecule has 6 heteroatoms. The number of nitrogens with one attached hydrogen (secondary N) is 1. The summed E-state index contributed by atoms with van der Waals surface area (Å²) in [5.74, 6) is -0.852. The molecule has 5 nitrogen and oxygen atoms in total. The molecule has 0 saturated carbocycles. The molecule has 0 aliphatic heterocycles. The first-order chi connectivity index (χ1) is 10.5. The van der Waals surface area contributed by atoms with E-state index < -0.39 is 16.0 Å². The molecule has 0 aliphatic rings. The largest absolute Gasteiger partial charge is 0.481 e. The Morgan fingerprint density at radius 2 is 1.68 bits per heavy atom. The number of hydrogen-bond acceptors (Lipinski definition) is 3. The Labute approximate surface area is 129 Å². The summed E-state index contributed by atoms with van der Waals surface area (Å²) < 4.78 is 26.8. The van der Waals surface area contributed by atoms with Gasteiger partial charge in [-0.15, -0.1) is 0 Å². The highest BCUT2D eigenvalue weighted by Gasteiger charge is 2.12. The van der Waals surface area contributed by atoms with Gasteiger partial charge in [-0.25, -0.2) is 13.1 Å². The Morgan fingerprint density at radius 3 is 2.36 bits per heavy atom. The van der Waals surface area contributed by atoms with E-state index in [0.717, 1.165) is 11.1 Å². The van der Waals surface area contributed by atoms with Crippen LogP contribution in [0.25, 0.3) is 0 Å². The molecule has 0 unspecified atom stereocenters. The van der Waals surface area contributed by atoms with Crippen LogP contribution in [0.15, 0.2) is 59.5 Å². The van der Waals surface area contributed by atoms with Crippen molar-refractivity contribution in [3.63, 3.8) is 0 Å². The fourth-order valence-corrected chi connectivity index (χ4v) is 3.05. The highest BCUT2D eigenvalue weighted by Crippen LogP contribution is 2.11. The SMILES string of the molecule is O=C(O)CCc1cccc(CNS(=O)(=O)c2ccccc2)c1. The van der Waals surface area contributed by atoms with Crippen molar-refractivity contribution in [1.82, 2.24) is 4.72 Å². The standard InChI is InChI=1S/C16H17NO4S/c18-16(19)10-9-13-5-4-6-14(11-13)12-17-22(20,21)15-7-2-1-3-8-15/h1-8,11,17H,9-10,12H2,(H,18,19). The topological polar surface area (TPSA) is 83.5 Å². The highest BCUT2D eigenvalue weighted by molar-refractivity contribution is 7.89. The molecule has 0 spiro atoms. The fourth-order valence-electron chi connectivity index (χ4n) is 2.01. The minimum atomic E-state index is -3.54. The van der Waals surface area contributed by atoms with Gasteiger partial charge in [0.1, 0.15) is 0 Å². The van der Waals surface area contributed by atoms with Crippen molar-refractivity contribution < 1.29 is 18.3 Å². The number of carbonyl (C=O) groups is 1. The maximum Gasteiger partial charge on any atom is 0.303 e. The summed E-state index contributed by atoms with van der Waals surface area (Å²) in [5.41, 5.74) is 1.67. The molecule has 0 fully saturated rings. The second-order valence-corrected chi connectivity index (χ2v) is 6.62. The van der Waals surface area contributed by atoms with Gasteiger partial charge in [-0.05, 0) is 29.7 Å². The zero-order valence-electron chi connectivity index (χ0n) is 11.9. The van der Waals surface area contributed by atoms with Gasteiger partial charge in [0.15, 0.2) is 0 Å². The van der Waals surface area contributed by atoms with Crippen molar-refractivity contribution in [2.45, 2.75) is 24.3 Å². The molecule has 0 bridgehead atoms. The van der Waals surface area contributed by atoms with Crippen molar-refractivity contribution in [3.8, 4) is 0 Å². The van der Waals surface area contributed by atoms with Crippen LogP contribution in [0.5, 0.6) is 0 Å². The predicted molar refractivity (Wildman–Crippen MR) is 82.9 cm³/mol. The van der Waals surface area contributed by atoms with E-state index in [2.05, 4.69) is 4.72 Å². The lowest BCUT2D eigenvalue weighted by atomic mass is 10.1. The van der Waals surface area contributed by atoms with E-state index in [9.17, 15) is 13.2 Å².